The summed E-state index contributed by atoms with van der Waals surface area (Å²) in [5.74, 6) is 0.548. The van der Waals surface area contributed by atoms with Gasteiger partial charge >= 0.3 is 5.97 Å². The summed E-state index contributed by atoms with van der Waals surface area (Å²) in [6, 6.07) is 0. The van der Waals surface area contributed by atoms with E-state index in [4.69, 9.17) is 16.3 Å². The number of carbonyl (C=O) groups excluding carboxylic acids is 2. The number of esters is 1. The van der Waals surface area contributed by atoms with Crippen LogP contribution in [-0.4, -0.2) is 29.8 Å². The highest BCUT2D eigenvalue weighted by Gasteiger charge is 2.03. The largest absolute Gasteiger partial charge is 0.465 e. The van der Waals surface area contributed by atoms with Crippen molar-refractivity contribution >= 4 is 34.6 Å². The maximum atomic E-state index is 10.9. The fourth-order valence-corrected chi connectivity index (χ4v) is 1.07. The minimum absolute atomic E-state index is 0.235. The van der Waals surface area contributed by atoms with Gasteiger partial charge < -0.3 is 4.74 Å². The van der Waals surface area contributed by atoms with Gasteiger partial charge in [-0.15, -0.1) is 0 Å². The summed E-state index contributed by atoms with van der Waals surface area (Å²) in [4.78, 5) is 21.2. The van der Waals surface area contributed by atoms with Gasteiger partial charge in [0, 0.05) is 18.6 Å². The zero-order chi connectivity index (χ0) is 10.1. The Morgan fingerprint density at radius 3 is 2.62 bits per heavy atom. The van der Waals surface area contributed by atoms with Crippen molar-refractivity contribution in [3.05, 3.63) is 0 Å². The number of halogens is 1. The molecule has 0 aliphatic rings. The van der Waals surface area contributed by atoms with Gasteiger partial charge in [0.15, 0.2) is 0 Å². The molecule has 13 heavy (non-hydrogen) atoms. The third kappa shape index (κ3) is 9.70. The molecule has 76 valence electrons. The molecule has 0 unspecified atom stereocenters. The Morgan fingerprint density at radius 1 is 1.38 bits per heavy atom. The van der Waals surface area contributed by atoms with Gasteiger partial charge in [0.1, 0.15) is 6.61 Å². The minimum atomic E-state index is -0.406. The second-order valence-electron chi connectivity index (χ2n) is 2.42. The van der Waals surface area contributed by atoms with Crippen molar-refractivity contribution in [3.8, 4) is 0 Å². The molecule has 0 radical (unpaired) electrons. The van der Waals surface area contributed by atoms with E-state index in [0.29, 0.717) is 13.0 Å². The van der Waals surface area contributed by atoms with Crippen molar-refractivity contribution in [1.29, 1.82) is 0 Å². The molecule has 0 aromatic heterocycles. The standard InChI is InChI=1S/C8H13ClO3S/c1-13-6-5-12-8(11)4-2-3-7(9)10/h2-6H2,1H3. The van der Waals surface area contributed by atoms with Crippen LogP contribution >= 0.6 is 23.4 Å². The van der Waals surface area contributed by atoms with Crippen LogP contribution in [0.5, 0.6) is 0 Å². The third-order valence-corrected chi connectivity index (χ3v) is 2.07. The van der Waals surface area contributed by atoms with E-state index in [9.17, 15) is 9.59 Å². The Bertz CT molecular complexity index is 173. The van der Waals surface area contributed by atoms with Crippen molar-refractivity contribution < 1.29 is 14.3 Å². The Balaban J connectivity index is 3.25. The summed E-state index contributed by atoms with van der Waals surface area (Å²) in [5, 5.41) is -0.406. The minimum Gasteiger partial charge on any atom is -0.465 e. The molecule has 0 aromatic rings. The summed E-state index contributed by atoms with van der Waals surface area (Å²) in [6.45, 7) is 0.439. The van der Waals surface area contributed by atoms with Crippen molar-refractivity contribution in [2.24, 2.45) is 0 Å². The maximum Gasteiger partial charge on any atom is 0.305 e. The summed E-state index contributed by atoms with van der Waals surface area (Å²) < 4.78 is 4.85. The van der Waals surface area contributed by atoms with Crippen molar-refractivity contribution in [1.82, 2.24) is 0 Å². The lowest BCUT2D eigenvalue weighted by atomic mass is 10.2. The zero-order valence-corrected chi connectivity index (χ0v) is 9.12. The molecule has 0 amide bonds. The van der Waals surface area contributed by atoms with E-state index in [2.05, 4.69) is 0 Å². The first-order valence-corrected chi connectivity index (χ1v) is 5.77. The lowest BCUT2D eigenvalue weighted by Crippen LogP contribution is -2.07. The first-order valence-electron chi connectivity index (χ1n) is 3.99. The van der Waals surface area contributed by atoms with Crippen LogP contribution in [-0.2, 0) is 14.3 Å². The maximum absolute atomic E-state index is 10.9. The molecule has 0 atom stereocenters. The SMILES string of the molecule is CSCCOC(=O)CCCC(=O)Cl. The monoisotopic (exact) mass is 224 g/mol. The van der Waals surface area contributed by atoms with Crippen LogP contribution in [0.4, 0.5) is 0 Å². The predicted octanol–water partition coefficient (Wildman–Crippen LogP) is 1.83. The topological polar surface area (TPSA) is 43.4 Å². The fraction of sp³-hybridized carbons (Fsp3) is 0.750. The molecule has 3 nitrogen and oxygen atoms in total. The second kappa shape index (κ2) is 8.38. The average Bonchev–Trinajstić information content (AvgIpc) is 2.04. The highest BCUT2D eigenvalue weighted by atomic mass is 35.5. The van der Waals surface area contributed by atoms with E-state index in [-0.39, 0.29) is 18.8 Å². The normalized spacial score (nSPS) is 9.69. The lowest BCUT2D eigenvalue weighted by molar-refractivity contribution is -0.143. The molecule has 0 saturated heterocycles. The van der Waals surface area contributed by atoms with E-state index in [1.807, 2.05) is 6.26 Å². The Kier molecular flexibility index (Phi) is 8.24. The molecule has 0 aliphatic heterocycles. The molecule has 0 spiro atoms. The number of hydrogen-bond donors (Lipinski definition) is 0. The van der Waals surface area contributed by atoms with Gasteiger partial charge in [-0.2, -0.15) is 11.8 Å². The van der Waals surface area contributed by atoms with Gasteiger partial charge in [-0.25, -0.2) is 0 Å². The molecule has 0 aliphatic carbocycles. The fourth-order valence-electron chi connectivity index (χ4n) is 0.683. The predicted molar refractivity (Wildman–Crippen MR) is 54.1 cm³/mol. The van der Waals surface area contributed by atoms with Gasteiger partial charge in [0.25, 0.3) is 0 Å². The van der Waals surface area contributed by atoms with Crippen LogP contribution in [0.1, 0.15) is 19.3 Å². The highest BCUT2D eigenvalue weighted by Crippen LogP contribution is 2.01. The molecule has 0 saturated carbocycles. The van der Waals surface area contributed by atoms with Crippen LogP contribution in [0.2, 0.25) is 0 Å². The first kappa shape index (κ1) is 12.8. The number of hydrogen-bond acceptors (Lipinski definition) is 4. The van der Waals surface area contributed by atoms with E-state index >= 15 is 0 Å². The van der Waals surface area contributed by atoms with Gasteiger partial charge in [0.05, 0.1) is 0 Å². The second-order valence-corrected chi connectivity index (χ2v) is 3.83. The molecular weight excluding hydrogens is 212 g/mol. The molecule has 0 heterocycles. The van der Waals surface area contributed by atoms with E-state index in [1.165, 1.54) is 0 Å². The quantitative estimate of drug-likeness (QED) is 0.376. The van der Waals surface area contributed by atoms with E-state index in [0.717, 1.165) is 5.75 Å². The van der Waals surface area contributed by atoms with Crippen molar-refractivity contribution in [3.63, 3.8) is 0 Å². The van der Waals surface area contributed by atoms with Gasteiger partial charge in [0.2, 0.25) is 5.24 Å². The molecular formula is C8H13ClO3S. The average molecular weight is 225 g/mol. The van der Waals surface area contributed by atoms with Crippen LogP contribution < -0.4 is 0 Å². The Morgan fingerprint density at radius 2 is 2.08 bits per heavy atom. The van der Waals surface area contributed by atoms with Gasteiger partial charge in [-0.3, -0.25) is 9.59 Å². The summed E-state index contributed by atoms with van der Waals surface area (Å²) >= 11 is 6.71. The third-order valence-electron chi connectivity index (χ3n) is 1.30. The summed E-state index contributed by atoms with van der Waals surface area (Å²) in [5.41, 5.74) is 0. The summed E-state index contributed by atoms with van der Waals surface area (Å²) in [7, 11) is 0. The smallest absolute Gasteiger partial charge is 0.305 e. The molecule has 0 fully saturated rings. The van der Waals surface area contributed by atoms with Crippen LogP contribution in [0, 0.1) is 0 Å². The van der Waals surface area contributed by atoms with Gasteiger partial charge in [-0.1, -0.05) is 0 Å². The number of ether oxygens (including phenoxy) is 1. The summed E-state index contributed by atoms with van der Waals surface area (Å²) in [6.07, 6.45) is 2.92. The van der Waals surface area contributed by atoms with E-state index in [1.54, 1.807) is 11.8 Å². The zero-order valence-electron chi connectivity index (χ0n) is 7.55. The molecule has 0 aromatic carbocycles. The van der Waals surface area contributed by atoms with Crippen LogP contribution in [0.25, 0.3) is 0 Å². The number of thioether (sulfide) groups is 1. The van der Waals surface area contributed by atoms with E-state index < -0.39 is 5.24 Å². The lowest BCUT2D eigenvalue weighted by Gasteiger charge is -2.01. The molecule has 5 heteroatoms. The Hall–Kier alpha value is -0.220. The molecule has 0 N–H and O–H groups in total. The Labute approximate surface area is 87.2 Å². The van der Waals surface area contributed by atoms with Crippen LogP contribution in [0.3, 0.4) is 0 Å². The van der Waals surface area contributed by atoms with Crippen molar-refractivity contribution in [2.75, 3.05) is 18.6 Å². The molecule has 0 rings (SSSR count). The highest BCUT2D eigenvalue weighted by molar-refractivity contribution is 7.98. The van der Waals surface area contributed by atoms with Gasteiger partial charge in [-0.05, 0) is 24.3 Å². The van der Waals surface area contributed by atoms with Crippen LogP contribution in [0.15, 0.2) is 0 Å². The number of carbonyl (C=O) groups is 2. The van der Waals surface area contributed by atoms with Crippen molar-refractivity contribution in [2.45, 2.75) is 19.3 Å². The molecule has 0 bridgehead atoms. The first-order chi connectivity index (χ1) is 6.16. The number of rotatable bonds is 7.